The van der Waals surface area contributed by atoms with Gasteiger partial charge in [0.2, 0.25) is 0 Å². The lowest BCUT2D eigenvalue weighted by molar-refractivity contribution is -0.144. The zero-order chi connectivity index (χ0) is 19.6. The van der Waals surface area contributed by atoms with E-state index in [1.165, 1.54) is 36.4 Å². The lowest BCUT2D eigenvalue weighted by atomic mass is 9.89. The van der Waals surface area contributed by atoms with Crippen molar-refractivity contribution in [3.63, 3.8) is 0 Å². The molecule has 0 spiro atoms. The van der Waals surface area contributed by atoms with Crippen LogP contribution in [0.1, 0.15) is 35.6 Å². The fourth-order valence-corrected chi connectivity index (χ4v) is 3.69. The molecule has 1 fully saturated rings. The molecule has 0 bridgehead atoms. The number of aliphatic carboxylic acids is 1. The van der Waals surface area contributed by atoms with Gasteiger partial charge in [-0.25, -0.2) is 4.39 Å². The third-order valence-electron chi connectivity index (χ3n) is 4.93. The number of likely N-dealkylation sites (tertiary alicyclic amines) is 1. The molecule has 1 aliphatic heterocycles. The molecule has 0 aliphatic carbocycles. The highest BCUT2D eigenvalue weighted by molar-refractivity contribution is 5.70. The van der Waals surface area contributed by atoms with Crippen molar-refractivity contribution in [3.05, 3.63) is 71.0 Å². The smallest absolute Gasteiger partial charge is 0.416 e. The van der Waals surface area contributed by atoms with Crippen LogP contribution in [-0.4, -0.2) is 29.1 Å². The second kappa shape index (κ2) is 7.68. The number of hydrogen-bond donors (Lipinski definition) is 1. The summed E-state index contributed by atoms with van der Waals surface area (Å²) in [6.45, 7) is 0.468. The van der Waals surface area contributed by atoms with Crippen LogP contribution < -0.4 is 0 Å². The second-order valence-corrected chi connectivity index (χ2v) is 6.68. The molecule has 3 rings (SSSR count). The summed E-state index contributed by atoms with van der Waals surface area (Å²) in [6, 6.07) is 9.78. The van der Waals surface area contributed by atoms with Gasteiger partial charge in [0, 0.05) is 12.1 Å². The van der Waals surface area contributed by atoms with Crippen molar-refractivity contribution >= 4 is 5.97 Å². The molecule has 1 N–H and O–H groups in total. The van der Waals surface area contributed by atoms with Crippen molar-refractivity contribution < 1.29 is 27.5 Å². The van der Waals surface area contributed by atoms with Gasteiger partial charge in [-0.05, 0) is 37.1 Å². The minimum Gasteiger partial charge on any atom is -0.481 e. The van der Waals surface area contributed by atoms with E-state index in [2.05, 4.69) is 0 Å². The SMILES string of the molecule is O=C(O)C1CCCN(C(c2ccccc2F)c2ccccc2C(F)(F)F)C1. The fourth-order valence-electron chi connectivity index (χ4n) is 3.69. The number of piperidine rings is 1. The summed E-state index contributed by atoms with van der Waals surface area (Å²) in [5.41, 5.74) is -0.794. The van der Waals surface area contributed by atoms with Crippen LogP contribution >= 0.6 is 0 Å². The molecule has 2 atom stereocenters. The first-order chi connectivity index (χ1) is 12.8. The molecule has 0 aromatic heterocycles. The Hall–Kier alpha value is -2.41. The Morgan fingerprint density at radius 3 is 2.33 bits per heavy atom. The summed E-state index contributed by atoms with van der Waals surface area (Å²) in [7, 11) is 0. The number of carboxylic acid groups (broad SMARTS) is 1. The first-order valence-electron chi connectivity index (χ1n) is 8.66. The number of nitrogens with zero attached hydrogens (tertiary/aromatic N) is 1. The lowest BCUT2D eigenvalue weighted by Crippen LogP contribution is -2.42. The molecule has 0 amide bonds. The van der Waals surface area contributed by atoms with E-state index < -0.39 is 35.5 Å². The summed E-state index contributed by atoms with van der Waals surface area (Å²) in [5.74, 6) is -2.29. The van der Waals surface area contributed by atoms with Crippen molar-refractivity contribution in [1.82, 2.24) is 4.90 Å². The molecule has 0 radical (unpaired) electrons. The van der Waals surface area contributed by atoms with Gasteiger partial charge < -0.3 is 5.11 Å². The fraction of sp³-hybridized carbons (Fsp3) is 0.350. The highest BCUT2D eigenvalue weighted by Crippen LogP contribution is 2.40. The van der Waals surface area contributed by atoms with Gasteiger partial charge in [-0.1, -0.05) is 36.4 Å². The van der Waals surface area contributed by atoms with E-state index in [-0.39, 0.29) is 17.7 Å². The molecule has 1 aliphatic rings. The molecular weight excluding hydrogens is 362 g/mol. The van der Waals surface area contributed by atoms with Crippen LogP contribution in [-0.2, 0) is 11.0 Å². The Balaban J connectivity index is 2.13. The molecule has 3 nitrogen and oxygen atoms in total. The van der Waals surface area contributed by atoms with Crippen LogP contribution in [0.3, 0.4) is 0 Å². The Labute approximate surface area is 154 Å². The maximum Gasteiger partial charge on any atom is 0.416 e. The first-order valence-corrected chi connectivity index (χ1v) is 8.66. The average molecular weight is 381 g/mol. The van der Waals surface area contributed by atoms with E-state index in [4.69, 9.17) is 0 Å². The van der Waals surface area contributed by atoms with Gasteiger partial charge in [0.25, 0.3) is 0 Å². The molecule has 1 heterocycles. The summed E-state index contributed by atoms with van der Waals surface area (Å²) < 4.78 is 55.3. The molecule has 7 heteroatoms. The Bertz CT molecular complexity index is 822. The van der Waals surface area contributed by atoms with Gasteiger partial charge in [0.1, 0.15) is 5.82 Å². The standard InChI is InChI=1S/C20H19F4NO2/c21-17-10-4-2-8-15(17)18(25-11-5-6-13(12-25)19(26)27)14-7-1-3-9-16(14)20(22,23)24/h1-4,7-10,13,18H,5-6,11-12H2,(H,26,27). The van der Waals surface area contributed by atoms with Crippen LogP contribution in [0.4, 0.5) is 17.6 Å². The quantitative estimate of drug-likeness (QED) is 0.779. The van der Waals surface area contributed by atoms with Crippen molar-refractivity contribution in [2.45, 2.75) is 25.1 Å². The number of hydrogen-bond acceptors (Lipinski definition) is 2. The molecule has 2 aromatic carbocycles. The number of rotatable bonds is 4. The van der Waals surface area contributed by atoms with Crippen molar-refractivity contribution in [1.29, 1.82) is 0 Å². The van der Waals surface area contributed by atoms with Gasteiger partial charge in [0.15, 0.2) is 0 Å². The predicted molar refractivity (Wildman–Crippen MR) is 91.6 cm³/mol. The van der Waals surface area contributed by atoms with Crippen LogP contribution in [0.25, 0.3) is 0 Å². The van der Waals surface area contributed by atoms with Crippen LogP contribution in [0.2, 0.25) is 0 Å². The van der Waals surface area contributed by atoms with Crippen molar-refractivity contribution in [2.75, 3.05) is 13.1 Å². The normalized spacial score (nSPS) is 19.6. The molecule has 2 aromatic rings. The number of carboxylic acids is 1. The Morgan fingerprint density at radius 1 is 1.07 bits per heavy atom. The Kier molecular flexibility index (Phi) is 5.51. The van der Waals surface area contributed by atoms with E-state index >= 15 is 0 Å². The maximum absolute atomic E-state index is 14.5. The topological polar surface area (TPSA) is 40.5 Å². The van der Waals surface area contributed by atoms with E-state index in [0.29, 0.717) is 19.4 Å². The summed E-state index contributed by atoms with van der Waals surface area (Å²) >= 11 is 0. The number of halogens is 4. The van der Waals surface area contributed by atoms with Crippen LogP contribution in [0.15, 0.2) is 48.5 Å². The third kappa shape index (κ3) is 4.13. The lowest BCUT2D eigenvalue weighted by Gasteiger charge is -2.38. The highest BCUT2D eigenvalue weighted by atomic mass is 19.4. The van der Waals surface area contributed by atoms with Gasteiger partial charge >= 0.3 is 12.1 Å². The van der Waals surface area contributed by atoms with E-state index in [9.17, 15) is 27.5 Å². The summed E-state index contributed by atoms with van der Waals surface area (Å²) in [5, 5.41) is 9.34. The average Bonchev–Trinajstić information content (AvgIpc) is 2.63. The molecular formula is C20H19F4NO2. The molecule has 1 saturated heterocycles. The van der Waals surface area contributed by atoms with Gasteiger partial charge in [0.05, 0.1) is 17.5 Å². The van der Waals surface area contributed by atoms with Crippen LogP contribution in [0, 0.1) is 11.7 Å². The Morgan fingerprint density at radius 2 is 1.70 bits per heavy atom. The van der Waals surface area contributed by atoms with Crippen molar-refractivity contribution in [2.24, 2.45) is 5.92 Å². The minimum atomic E-state index is -4.60. The molecule has 144 valence electrons. The van der Waals surface area contributed by atoms with E-state index in [0.717, 1.165) is 6.07 Å². The maximum atomic E-state index is 14.5. The number of alkyl halides is 3. The third-order valence-corrected chi connectivity index (χ3v) is 4.93. The zero-order valence-corrected chi connectivity index (χ0v) is 14.4. The van der Waals surface area contributed by atoms with Crippen molar-refractivity contribution in [3.8, 4) is 0 Å². The largest absolute Gasteiger partial charge is 0.481 e. The monoisotopic (exact) mass is 381 g/mol. The zero-order valence-electron chi connectivity index (χ0n) is 14.4. The summed E-state index contributed by atoms with van der Waals surface area (Å²) in [6.07, 6.45) is -3.62. The molecule has 0 saturated carbocycles. The first kappa shape index (κ1) is 19.4. The number of benzene rings is 2. The predicted octanol–water partition coefficient (Wildman–Crippen LogP) is 4.73. The van der Waals surface area contributed by atoms with Crippen LogP contribution in [0.5, 0.6) is 0 Å². The minimum absolute atomic E-state index is 0.0684. The van der Waals surface area contributed by atoms with Gasteiger partial charge in [-0.15, -0.1) is 0 Å². The molecule has 27 heavy (non-hydrogen) atoms. The van der Waals surface area contributed by atoms with E-state index in [1.807, 2.05) is 0 Å². The number of carbonyl (C=O) groups is 1. The van der Waals surface area contributed by atoms with Gasteiger partial charge in [-0.3, -0.25) is 9.69 Å². The summed E-state index contributed by atoms with van der Waals surface area (Å²) in [4.78, 5) is 13.1. The highest BCUT2D eigenvalue weighted by Gasteiger charge is 2.39. The molecule has 2 unspecified atom stereocenters. The second-order valence-electron chi connectivity index (χ2n) is 6.68. The van der Waals surface area contributed by atoms with Gasteiger partial charge in [-0.2, -0.15) is 13.2 Å². The van der Waals surface area contributed by atoms with E-state index in [1.54, 1.807) is 11.0 Å².